The largest absolute Gasteiger partial charge is 0.397 e. The summed E-state index contributed by atoms with van der Waals surface area (Å²) in [5, 5.41) is 21.9. The second-order valence-electron chi connectivity index (χ2n) is 4.90. The quantitative estimate of drug-likeness (QED) is 0.743. The maximum absolute atomic E-state index is 9.75. The average Bonchev–Trinajstić information content (AvgIpc) is 2.50. The fourth-order valence-corrected chi connectivity index (χ4v) is 2.04. The lowest BCUT2D eigenvalue weighted by Gasteiger charge is -2.31. The van der Waals surface area contributed by atoms with Crippen LogP contribution < -0.4 is 11.1 Å². The van der Waals surface area contributed by atoms with Gasteiger partial charge in [-0.15, -0.1) is 0 Å². The molecule has 0 saturated carbocycles. The van der Waals surface area contributed by atoms with E-state index in [2.05, 4.69) is 11.4 Å². The summed E-state index contributed by atoms with van der Waals surface area (Å²) in [7, 11) is 0. The lowest BCUT2D eigenvalue weighted by molar-refractivity contribution is 0.224. The summed E-state index contributed by atoms with van der Waals surface area (Å²) >= 11 is 0. The zero-order valence-corrected chi connectivity index (χ0v) is 11.3. The second-order valence-corrected chi connectivity index (χ2v) is 4.90. The zero-order chi connectivity index (χ0) is 14.6. The third-order valence-electron chi connectivity index (χ3n) is 3.32. The molecule has 2 rings (SSSR count). The van der Waals surface area contributed by atoms with E-state index < -0.39 is 5.54 Å². The number of hydrogen-bond donors (Lipinski definition) is 3. The van der Waals surface area contributed by atoms with Crippen molar-refractivity contribution in [2.45, 2.75) is 12.5 Å². The first-order valence-corrected chi connectivity index (χ1v) is 6.33. The summed E-state index contributed by atoms with van der Waals surface area (Å²) in [4.78, 5) is 0. The molecular weight excluding hydrogens is 250 g/mol. The van der Waals surface area contributed by atoms with Gasteiger partial charge in [0.15, 0.2) is 0 Å². The normalized spacial score (nSPS) is 13.2. The van der Waals surface area contributed by atoms with E-state index in [1.807, 2.05) is 37.3 Å². The first-order chi connectivity index (χ1) is 9.59. The smallest absolute Gasteiger partial charge is 0.0992 e. The van der Waals surface area contributed by atoms with Crippen LogP contribution in [-0.4, -0.2) is 11.7 Å². The molecule has 102 valence electrons. The van der Waals surface area contributed by atoms with Gasteiger partial charge in [0.1, 0.15) is 0 Å². The summed E-state index contributed by atoms with van der Waals surface area (Å²) in [5.41, 5.74) is 7.92. The Kier molecular flexibility index (Phi) is 3.92. The highest BCUT2D eigenvalue weighted by Crippen LogP contribution is 2.29. The predicted octanol–water partition coefficient (Wildman–Crippen LogP) is 2.46. The average molecular weight is 267 g/mol. The van der Waals surface area contributed by atoms with E-state index >= 15 is 0 Å². The van der Waals surface area contributed by atoms with Crippen molar-refractivity contribution in [3.05, 3.63) is 59.7 Å². The maximum atomic E-state index is 9.75. The Morgan fingerprint density at radius 2 is 1.95 bits per heavy atom. The number of nitrogen functional groups attached to an aromatic ring is 1. The van der Waals surface area contributed by atoms with Gasteiger partial charge < -0.3 is 16.2 Å². The number of nitrogens with zero attached hydrogens (tertiary/aromatic N) is 1. The molecule has 0 aromatic heterocycles. The summed E-state index contributed by atoms with van der Waals surface area (Å²) in [6, 6.07) is 16.7. The highest BCUT2D eigenvalue weighted by molar-refractivity contribution is 5.69. The van der Waals surface area contributed by atoms with Crippen LogP contribution in [0.1, 0.15) is 18.1 Å². The van der Waals surface area contributed by atoms with Gasteiger partial charge in [-0.05, 0) is 30.7 Å². The molecule has 1 unspecified atom stereocenters. The van der Waals surface area contributed by atoms with Crippen LogP contribution in [0.5, 0.6) is 0 Å². The molecule has 4 heteroatoms. The van der Waals surface area contributed by atoms with Crippen molar-refractivity contribution in [2.75, 3.05) is 17.7 Å². The van der Waals surface area contributed by atoms with Crippen LogP contribution in [0.15, 0.2) is 48.5 Å². The minimum atomic E-state index is -0.663. The molecule has 4 nitrogen and oxygen atoms in total. The van der Waals surface area contributed by atoms with Gasteiger partial charge in [0, 0.05) is 0 Å². The van der Waals surface area contributed by atoms with Crippen molar-refractivity contribution in [3.8, 4) is 6.07 Å². The zero-order valence-electron chi connectivity index (χ0n) is 11.3. The summed E-state index contributed by atoms with van der Waals surface area (Å²) in [6.07, 6.45) is 0. The molecule has 0 aliphatic carbocycles. The Hall–Kier alpha value is -2.51. The van der Waals surface area contributed by atoms with E-state index in [4.69, 9.17) is 11.0 Å². The van der Waals surface area contributed by atoms with Crippen LogP contribution in [-0.2, 0) is 5.54 Å². The van der Waals surface area contributed by atoms with E-state index in [9.17, 15) is 5.11 Å². The van der Waals surface area contributed by atoms with Crippen molar-refractivity contribution >= 4 is 11.4 Å². The molecule has 0 amide bonds. The third-order valence-corrected chi connectivity index (χ3v) is 3.32. The number of benzene rings is 2. The van der Waals surface area contributed by atoms with Crippen molar-refractivity contribution in [3.63, 3.8) is 0 Å². The van der Waals surface area contributed by atoms with Gasteiger partial charge in [-0.3, -0.25) is 0 Å². The third kappa shape index (κ3) is 2.73. The molecule has 0 aliphatic rings. The number of aliphatic hydroxyl groups excluding tert-OH is 1. The molecule has 0 aliphatic heterocycles. The predicted molar refractivity (Wildman–Crippen MR) is 80.1 cm³/mol. The number of nitriles is 1. The molecule has 0 spiro atoms. The molecule has 2 aromatic carbocycles. The molecule has 20 heavy (non-hydrogen) atoms. The van der Waals surface area contributed by atoms with Crippen molar-refractivity contribution in [1.29, 1.82) is 5.26 Å². The van der Waals surface area contributed by atoms with E-state index in [0.29, 0.717) is 16.9 Å². The number of nitrogens with two attached hydrogens (primary N) is 1. The van der Waals surface area contributed by atoms with Crippen LogP contribution in [0.4, 0.5) is 11.4 Å². The SMILES string of the molecule is CC(CO)(Nc1cc(C#N)ccc1N)c1ccccc1. The summed E-state index contributed by atoms with van der Waals surface area (Å²) < 4.78 is 0. The van der Waals surface area contributed by atoms with Crippen LogP contribution in [0.2, 0.25) is 0 Å². The minimum absolute atomic E-state index is 0.0900. The van der Waals surface area contributed by atoms with Gasteiger partial charge in [-0.1, -0.05) is 30.3 Å². The fourth-order valence-electron chi connectivity index (χ4n) is 2.04. The van der Waals surface area contributed by atoms with Crippen molar-refractivity contribution in [2.24, 2.45) is 0 Å². The van der Waals surface area contributed by atoms with Crippen LogP contribution in [0, 0.1) is 11.3 Å². The van der Waals surface area contributed by atoms with Gasteiger partial charge >= 0.3 is 0 Å². The van der Waals surface area contributed by atoms with Gasteiger partial charge in [-0.2, -0.15) is 5.26 Å². The molecule has 1 atom stereocenters. The monoisotopic (exact) mass is 267 g/mol. The lowest BCUT2D eigenvalue weighted by Crippen LogP contribution is -2.36. The van der Waals surface area contributed by atoms with Gasteiger partial charge in [0.05, 0.1) is 35.2 Å². The van der Waals surface area contributed by atoms with Crippen LogP contribution in [0.3, 0.4) is 0 Å². The Morgan fingerprint density at radius 1 is 1.25 bits per heavy atom. The first-order valence-electron chi connectivity index (χ1n) is 6.33. The van der Waals surface area contributed by atoms with Gasteiger partial charge in [0.25, 0.3) is 0 Å². The Balaban J connectivity index is 2.38. The Morgan fingerprint density at radius 3 is 2.55 bits per heavy atom. The van der Waals surface area contributed by atoms with Crippen LogP contribution >= 0.6 is 0 Å². The van der Waals surface area contributed by atoms with Crippen molar-refractivity contribution < 1.29 is 5.11 Å². The van der Waals surface area contributed by atoms with Gasteiger partial charge in [-0.25, -0.2) is 0 Å². The second kappa shape index (κ2) is 5.64. The lowest BCUT2D eigenvalue weighted by atomic mass is 9.92. The molecule has 0 heterocycles. The maximum Gasteiger partial charge on any atom is 0.0992 e. The number of nitrogens with one attached hydrogen (secondary N) is 1. The molecule has 0 radical (unpaired) electrons. The standard InChI is InChI=1S/C16H17N3O/c1-16(11-20,13-5-3-2-4-6-13)19-15-9-12(10-17)7-8-14(15)18/h2-9,19-20H,11,18H2,1H3. The highest BCUT2D eigenvalue weighted by Gasteiger charge is 2.26. The number of rotatable bonds is 4. The van der Waals surface area contributed by atoms with Crippen LogP contribution in [0.25, 0.3) is 0 Å². The Bertz CT molecular complexity index is 634. The van der Waals surface area contributed by atoms with Gasteiger partial charge in [0.2, 0.25) is 0 Å². The fraction of sp³-hybridized carbons (Fsp3) is 0.188. The van der Waals surface area contributed by atoms with E-state index in [0.717, 1.165) is 5.56 Å². The number of anilines is 2. The molecule has 0 fully saturated rings. The molecule has 0 saturated heterocycles. The molecule has 2 aromatic rings. The highest BCUT2D eigenvalue weighted by atomic mass is 16.3. The summed E-state index contributed by atoms with van der Waals surface area (Å²) in [6.45, 7) is 1.80. The van der Waals surface area contributed by atoms with E-state index in [1.54, 1.807) is 18.2 Å². The molecule has 4 N–H and O–H groups in total. The summed E-state index contributed by atoms with van der Waals surface area (Å²) in [5.74, 6) is 0. The van der Waals surface area contributed by atoms with Crippen molar-refractivity contribution in [1.82, 2.24) is 0 Å². The minimum Gasteiger partial charge on any atom is -0.397 e. The number of hydrogen-bond acceptors (Lipinski definition) is 4. The molecular formula is C16H17N3O. The Labute approximate surface area is 118 Å². The van der Waals surface area contributed by atoms with E-state index in [-0.39, 0.29) is 6.61 Å². The number of aliphatic hydroxyl groups is 1. The van der Waals surface area contributed by atoms with E-state index in [1.165, 1.54) is 0 Å². The molecule has 0 bridgehead atoms. The topological polar surface area (TPSA) is 82.1 Å². The first kappa shape index (κ1) is 13.9.